The number of rotatable bonds is 7. The standard InChI is InChI=1S/C22H22F3N3O3S/c1-2-32(30,31)26-11-19(29)27-16-7-13(8-16)20-17-9-15(24)10-18(25)22(17)28-21(20)12-3-5-14(23)6-4-12/h3-6,9-10,13,16,26,28H,2,7-8,11H2,1H3,(H,27,29). The van der Waals surface area contributed by atoms with Crippen LogP contribution in [0.1, 0.15) is 31.2 Å². The van der Waals surface area contributed by atoms with Crippen LogP contribution in [0.4, 0.5) is 13.2 Å². The first-order valence-electron chi connectivity index (χ1n) is 10.2. The number of benzene rings is 2. The Labute approximate surface area is 183 Å². The van der Waals surface area contributed by atoms with Crippen LogP contribution in [-0.4, -0.2) is 37.6 Å². The van der Waals surface area contributed by atoms with E-state index in [1.54, 1.807) is 12.1 Å². The third kappa shape index (κ3) is 4.51. The quantitative estimate of drug-likeness (QED) is 0.498. The van der Waals surface area contributed by atoms with Crippen molar-refractivity contribution in [3.05, 3.63) is 59.4 Å². The second-order valence-electron chi connectivity index (χ2n) is 7.89. The van der Waals surface area contributed by atoms with E-state index in [1.807, 2.05) is 0 Å². The number of halogens is 3. The van der Waals surface area contributed by atoms with Gasteiger partial charge in [0.25, 0.3) is 0 Å². The second kappa shape index (κ2) is 8.59. The van der Waals surface area contributed by atoms with E-state index >= 15 is 0 Å². The Bertz CT molecular complexity index is 1270. The molecular weight excluding hydrogens is 443 g/mol. The summed E-state index contributed by atoms with van der Waals surface area (Å²) in [6, 6.07) is 7.60. The highest BCUT2D eigenvalue weighted by molar-refractivity contribution is 7.89. The Balaban J connectivity index is 1.56. The van der Waals surface area contributed by atoms with E-state index in [0.29, 0.717) is 35.0 Å². The summed E-state index contributed by atoms with van der Waals surface area (Å²) in [7, 11) is -3.47. The predicted octanol–water partition coefficient (Wildman–Crippen LogP) is 3.55. The third-order valence-corrected chi connectivity index (χ3v) is 7.09. The number of carbonyl (C=O) groups excluding carboxylic acids is 1. The van der Waals surface area contributed by atoms with Gasteiger partial charge in [0.2, 0.25) is 15.9 Å². The number of aromatic amines is 1. The van der Waals surface area contributed by atoms with Crippen molar-refractivity contribution >= 4 is 26.8 Å². The first-order valence-corrected chi connectivity index (χ1v) is 11.9. The second-order valence-corrected chi connectivity index (χ2v) is 9.98. The molecule has 10 heteroatoms. The summed E-state index contributed by atoms with van der Waals surface area (Å²) < 4.78 is 66.9. The first-order chi connectivity index (χ1) is 15.2. The van der Waals surface area contributed by atoms with Crippen LogP contribution in [-0.2, 0) is 14.8 Å². The molecule has 170 valence electrons. The number of aromatic nitrogens is 1. The molecule has 1 aromatic heterocycles. The van der Waals surface area contributed by atoms with Crippen LogP contribution in [0.3, 0.4) is 0 Å². The molecule has 1 heterocycles. The van der Waals surface area contributed by atoms with Gasteiger partial charge in [-0.1, -0.05) is 0 Å². The lowest BCUT2D eigenvalue weighted by Gasteiger charge is -2.36. The van der Waals surface area contributed by atoms with Gasteiger partial charge in [0, 0.05) is 17.5 Å². The highest BCUT2D eigenvalue weighted by Crippen LogP contribution is 2.45. The largest absolute Gasteiger partial charge is 0.352 e. The highest BCUT2D eigenvalue weighted by Gasteiger charge is 2.35. The molecule has 1 saturated carbocycles. The van der Waals surface area contributed by atoms with E-state index < -0.39 is 33.4 Å². The lowest BCUT2D eigenvalue weighted by Crippen LogP contribution is -2.47. The van der Waals surface area contributed by atoms with Gasteiger partial charge >= 0.3 is 0 Å². The van der Waals surface area contributed by atoms with Crippen molar-refractivity contribution in [1.82, 2.24) is 15.0 Å². The van der Waals surface area contributed by atoms with Crippen molar-refractivity contribution in [3.8, 4) is 11.3 Å². The highest BCUT2D eigenvalue weighted by atomic mass is 32.2. The number of hydrogen-bond donors (Lipinski definition) is 3. The molecule has 1 fully saturated rings. The van der Waals surface area contributed by atoms with Crippen molar-refractivity contribution in [3.63, 3.8) is 0 Å². The normalized spacial score (nSPS) is 18.5. The Morgan fingerprint density at radius 2 is 1.78 bits per heavy atom. The minimum Gasteiger partial charge on any atom is -0.352 e. The summed E-state index contributed by atoms with van der Waals surface area (Å²) in [6.45, 7) is 1.13. The molecule has 1 aliphatic carbocycles. The zero-order chi connectivity index (χ0) is 23.0. The zero-order valence-corrected chi connectivity index (χ0v) is 18.0. The van der Waals surface area contributed by atoms with Crippen molar-refractivity contribution in [2.45, 2.75) is 31.7 Å². The molecule has 0 unspecified atom stereocenters. The van der Waals surface area contributed by atoms with Crippen molar-refractivity contribution in [1.29, 1.82) is 0 Å². The van der Waals surface area contributed by atoms with Gasteiger partial charge in [-0.25, -0.2) is 26.3 Å². The maximum Gasteiger partial charge on any atom is 0.235 e. The Kier molecular flexibility index (Phi) is 6.00. The van der Waals surface area contributed by atoms with Gasteiger partial charge in [-0.2, -0.15) is 0 Å². The summed E-state index contributed by atoms with van der Waals surface area (Å²) in [5, 5.41) is 3.18. The Morgan fingerprint density at radius 3 is 2.44 bits per heavy atom. The molecule has 0 aliphatic heterocycles. The molecule has 0 atom stereocenters. The van der Waals surface area contributed by atoms with Gasteiger partial charge in [0.05, 0.1) is 23.5 Å². The Morgan fingerprint density at radius 1 is 1.09 bits per heavy atom. The van der Waals surface area contributed by atoms with Gasteiger partial charge in [0.15, 0.2) is 0 Å². The number of carbonyl (C=O) groups is 1. The SMILES string of the molecule is CCS(=O)(=O)NCC(=O)NC1CC(c2c(-c3ccc(F)cc3)[nH]c3c(F)cc(F)cc23)C1. The number of amides is 1. The van der Waals surface area contributed by atoms with Crippen LogP contribution in [0.25, 0.3) is 22.2 Å². The van der Waals surface area contributed by atoms with Crippen LogP contribution < -0.4 is 10.0 Å². The molecule has 3 aromatic rings. The zero-order valence-electron chi connectivity index (χ0n) is 17.2. The third-order valence-electron chi connectivity index (χ3n) is 5.74. The summed E-state index contributed by atoms with van der Waals surface area (Å²) in [5.74, 6) is -2.49. The first kappa shape index (κ1) is 22.3. The fraction of sp³-hybridized carbons (Fsp3) is 0.318. The topological polar surface area (TPSA) is 91.1 Å². The fourth-order valence-electron chi connectivity index (χ4n) is 4.04. The molecule has 2 aromatic carbocycles. The molecule has 3 N–H and O–H groups in total. The van der Waals surface area contributed by atoms with Crippen LogP contribution in [0.5, 0.6) is 0 Å². The van der Waals surface area contributed by atoms with E-state index in [4.69, 9.17) is 0 Å². The molecule has 0 bridgehead atoms. The van der Waals surface area contributed by atoms with Crippen LogP contribution in [0, 0.1) is 17.5 Å². The minimum absolute atomic E-state index is 0.0948. The molecule has 0 saturated heterocycles. The van der Waals surface area contributed by atoms with Crippen molar-refractivity contribution < 1.29 is 26.4 Å². The summed E-state index contributed by atoms with van der Waals surface area (Å²) in [4.78, 5) is 15.1. The lowest BCUT2D eigenvalue weighted by atomic mass is 9.74. The maximum absolute atomic E-state index is 14.4. The van der Waals surface area contributed by atoms with E-state index in [0.717, 1.165) is 6.07 Å². The van der Waals surface area contributed by atoms with Crippen LogP contribution >= 0.6 is 0 Å². The summed E-state index contributed by atoms with van der Waals surface area (Å²) >= 11 is 0. The molecule has 1 amide bonds. The smallest absolute Gasteiger partial charge is 0.235 e. The maximum atomic E-state index is 14.4. The molecule has 6 nitrogen and oxygen atoms in total. The lowest BCUT2D eigenvalue weighted by molar-refractivity contribution is -0.121. The van der Waals surface area contributed by atoms with Gasteiger partial charge in [0.1, 0.15) is 17.5 Å². The fourth-order valence-corrected chi connectivity index (χ4v) is 4.59. The molecule has 32 heavy (non-hydrogen) atoms. The Hall–Kier alpha value is -2.85. The van der Waals surface area contributed by atoms with Crippen LogP contribution in [0.2, 0.25) is 0 Å². The van der Waals surface area contributed by atoms with Crippen molar-refractivity contribution in [2.75, 3.05) is 12.3 Å². The van der Waals surface area contributed by atoms with Gasteiger partial charge < -0.3 is 10.3 Å². The van der Waals surface area contributed by atoms with E-state index in [1.165, 1.54) is 25.1 Å². The van der Waals surface area contributed by atoms with E-state index in [-0.39, 0.29) is 29.8 Å². The van der Waals surface area contributed by atoms with Crippen molar-refractivity contribution in [2.24, 2.45) is 0 Å². The van der Waals surface area contributed by atoms with E-state index in [2.05, 4.69) is 15.0 Å². The number of sulfonamides is 1. The molecule has 4 rings (SSSR count). The monoisotopic (exact) mass is 465 g/mol. The number of H-pyrrole nitrogens is 1. The van der Waals surface area contributed by atoms with Gasteiger partial charge in [-0.05, 0) is 67.1 Å². The molecule has 0 spiro atoms. The number of nitrogens with one attached hydrogen (secondary N) is 3. The van der Waals surface area contributed by atoms with Gasteiger partial charge in [-0.3, -0.25) is 4.79 Å². The average Bonchev–Trinajstić information content (AvgIpc) is 3.08. The van der Waals surface area contributed by atoms with E-state index in [9.17, 15) is 26.4 Å². The number of fused-ring (bicyclic) bond motifs is 1. The average molecular weight is 465 g/mol. The van der Waals surface area contributed by atoms with Crippen LogP contribution in [0.15, 0.2) is 36.4 Å². The predicted molar refractivity (Wildman–Crippen MR) is 115 cm³/mol. The molecule has 1 aliphatic rings. The summed E-state index contributed by atoms with van der Waals surface area (Å²) in [5.41, 5.74) is 2.10. The summed E-state index contributed by atoms with van der Waals surface area (Å²) in [6.07, 6.45) is 1.04. The molecular formula is C22H22F3N3O3S. The molecule has 0 radical (unpaired) electrons. The number of hydrogen-bond acceptors (Lipinski definition) is 3. The van der Waals surface area contributed by atoms with Gasteiger partial charge in [-0.15, -0.1) is 0 Å². The minimum atomic E-state index is -3.47.